The summed E-state index contributed by atoms with van der Waals surface area (Å²) in [6.07, 6.45) is 0.404. The number of rotatable bonds is 5. The van der Waals surface area contributed by atoms with Crippen molar-refractivity contribution in [3.8, 4) is 0 Å². The van der Waals surface area contributed by atoms with Crippen molar-refractivity contribution in [2.75, 3.05) is 6.66 Å². The van der Waals surface area contributed by atoms with E-state index in [0.29, 0.717) is 27.9 Å². The summed E-state index contributed by atoms with van der Waals surface area (Å²) in [7, 11) is -5.77. The Morgan fingerprint density at radius 1 is 0.962 bits per heavy atom. The maximum atomic E-state index is 13.1. The van der Waals surface area contributed by atoms with Gasteiger partial charge in [-0.05, 0) is 0 Å². The fourth-order valence-corrected chi connectivity index (χ4v) is 11.6. The third kappa shape index (κ3) is 2.61. The molecule has 1 heterocycles. The number of benzene rings is 2. The van der Waals surface area contributed by atoms with E-state index < -0.39 is 22.5 Å². The van der Waals surface area contributed by atoms with Crippen LogP contribution in [0.25, 0.3) is 5.31 Å². The molecule has 0 aromatic heterocycles. The quantitative estimate of drug-likeness (QED) is 0.518. The Bertz CT molecular complexity index is 972. The van der Waals surface area contributed by atoms with Crippen LogP contribution >= 0.6 is 6.83 Å². The molecule has 0 amide bonds. The van der Waals surface area contributed by atoms with E-state index >= 15 is 0 Å². The summed E-state index contributed by atoms with van der Waals surface area (Å²) in [6, 6.07) is 17.2. The van der Waals surface area contributed by atoms with E-state index in [2.05, 4.69) is 0 Å². The molecule has 1 aliphatic rings. The van der Waals surface area contributed by atoms with E-state index in [4.69, 9.17) is 3.97 Å². The standard InChI is InChI=1S/C18H18F3O3PS/c1-3-16-17(14-10-6-4-7-11-14)25(16,2,15-12-8-5-9-13-15)24-26(22,23)18(19,20)21/h4-13H,3H2,1-2H3. The van der Waals surface area contributed by atoms with Gasteiger partial charge in [0, 0.05) is 0 Å². The van der Waals surface area contributed by atoms with Gasteiger partial charge in [-0.2, -0.15) is 0 Å². The van der Waals surface area contributed by atoms with E-state index in [1.165, 1.54) is 6.66 Å². The van der Waals surface area contributed by atoms with Crippen molar-refractivity contribution in [3.05, 3.63) is 71.5 Å². The number of alkyl halides is 3. The monoisotopic (exact) mass is 402 g/mol. The minimum atomic E-state index is -5.77. The summed E-state index contributed by atoms with van der Waals surface area (Å²) in [6.45, 7) is -0.727. The molecule has 0 fully saturated rings. The van der Waals surface area contributed by atoms with Gasteiger partial charge in [-0.1, -0.05) is 0 Å². The first kappa shape index (κ1) is 19.1. The topological polar surface area (TPSA) is 43.4 Å². The Kier molecular flexibility index (Phi) is 4.34. The van der Waals surface area contributed by atoms with E-state index in [1.54, 1.807) is 67.6 Å². The number of hydrogen-bond donors (Lipinski definition) is 0. The second kappa shape index (κ2) is 5.91. The predicted molar refractivity (Wildman–Crippen MR) is 98.6 cm³/mol. The van der Waals surface area contributed by atoms with Gasteiger partial charge in [0.15, 0.2) is 0 Å². The Morgan fingerprint density at radius 2 is 1.46 bits per heavy atom. The summed E-state index contributed by atoms with van der Waals surface area (Å²) in [5.74, 6) is 0. The zero-order chi connectivity index (χ0) is 19.2. The fraction of sp³-hybridized carbons (Fsp3) is 0.222. The molecule has 0 radical (unpaired) electrons. The van der Waals surface area contributed by atoms with Crippen molar-refractivity contribution < 1.29 is 25.6 Å². The van der Waals surface area contributed by atoms with Gasteiger partial charge in [0.1, 0.15) is 0 Å². The first-order valence-electron chi connectivity index (χ1n) is 7.95. The molecule has 8 heteroatoms. The first-order chi connectivity index (χ1) is 12.1. The van der Waals surface area contributed by atoms with Crippen LogP contribution in [0.3, 0.4) is 0 Å². The van der Waals surface area contributed by atoms with Crippen LogP contribution in [0.5, 0.6) is 0 Å². The van der Waals surface area contributed by atoms with E-state index in [0.717, 1.165) is 0 Å². The zero-order valence-electron chi connectivity index (χ0n) is 14.2. The Labute approximate surface area is 150 Å². The molecule has 0 atom stereocenters. The van der Waals surface area contributed by atoms with Gasteiger partial charge < -0.3 is 0 Å². The predicted octanol–water partition coefficient (Wildman–Crippen LogP) is 5.07. The van der Waals surface area contributed by atoms with Crippen molar-refractivity contribution in [1.82, 2.24) is 0 Å². The molecule has 2 aromatic rings. The molecule has 2 aromatic carbocycles. The third-order valence-corrected chi connectivity index (χ3v) is 12.3. The van der Waals surface area contributed by atoms with Crippen LogP contribution < -0.4 is 5.30 Å². The third-order valence-electron chi connectivity index (χ3n) is 4.74. The first-order valence-corrected chi connectivity index (χ1v) is 12.0. The molecule has 140 valence electrons. The maximum absolute atomic E-state index is 13.1. The molecular formula is C18H18F3O3PS. The molecule has 3 nitrogen and oxygen atoms in total. The summed E-state index contributed by atoms with van der Waals surface area (Å²) in [5, 5.41) is 1.70. The average Bonchev–Trinajstić information content (AvgIpc) is 3.15. The fourth-order valence-electron chi connectivity index (χ4n) is 3.57. The second-order valence-corrected chi connectivity index (χ2v) is 12.7. The normalized spacial score (nSPS) is 20.3. The molecule has 0 bridgehead atoms. The molecule has 0 unspecified atom stereocenters. The molecule has 0 aliphatic carbocycles. The van der Waals surface area contributed by atoms with Crippen LogP contribution in [0, 0.1) is 0 Å². The average molecular weight is 402 g/mol. The Balaban J connectivity index is 2.25. The van der Waals surface area contributed by atoms with Gasteiger partial charge in [-0.15, -0.1) is 0 Å². The van der Waals surface area contributed by atoms with Crippen molar-refractivity contribution in [2.45, 2.75) is 18.9 Å². The van der Waals surface area contributed by atoms with Crippen molar-refractivity contribution in [1.29, 1.82) is 0 Å². The zero-order valence-corrected chi connectivity index (χ0v) is 15.9. The summed E-state index contributed by atoms with van der Waals surface area (Å²) in [5.41, 5.74) is -4.79. The Hall–Kier alpha value is -1.69. The van der Waals surface area contributed by atoms with E-state index in [9.17, 15) is 21.6 Å². The number of hydrogen-bond acceptors (Lipinski definition) is 3. The van der Waals surface area contributed by atoms with Gasteiger partial charge in [-0.3, -0.25) is 0 Å². The van der Waals surface area contributed by atoms with E-state index in [-0.39, 0.29) is 0 Å². The summed E-state index contributed by atoms with van der Waals surface area (Å²) < 4.78 is 68.5. The van der Waals surface area contributed by atoms with Crippen LogP contribution in [0.2, 0.25) is 0 Å². The van der Waals surface area contributed by atoms with E-state index in [1.807, 2.05) is 0 Å². The van der Waals surface area contributed by atoms with Gasteiger partial charge in [-0.25, -0.2) is 0 Å². The van der Waals surface area contributed by atoms with Crippen LogP contribution in [0.15, 0.2) is 66.0 Å². The SMILES string of the molecule is CCC1=C(c2ccccc2)P1(C)(OS(=O)(=O)C(F)(F)F)c1ccccc1. The molecule has 0 saturated heterocycles. The van der Waals surface area contributed by atoms with Crippen LogP contribution in [0.4, 0.5) is 13.2 Å². The van der Waals surface area contributed by atoms with Gasteiger partial charge in [0.05, 0.1) is 0 Å². The molecule has 0 spiro atoms. The van der Waals surface area contributed by atoms with Crippen LogP contribution in [-0.2, 0) is 14.1 Å². The van der Waals surface area contributed by atoms with Crippen molar-refractivity contribution >= 4 is 27.6 Å². The van der Waals surface area contributed by atoms with Gasteiger partial charge >= 0.3 is 150 Å². The molecule has 0 saturated carbocycles. The number of allylic oxidation sites excluding steroid dienone is 1. The van der Waals surface area contributed by atoms with Gasteiger partial charge in [0.2, 0.25) is 0 Å². The summed E-state index contributed by atoms with van der Waals surface area (Å²) in [4.78, 5) is 0. The number of halogens is 3. The van der Waals surface area contributed by atoms with Crippen molar-refractivity contribution in [3.63, 3.8) is 0 Å². The molecular weight excluding hydrogens is 384 g/mol. The molecule has 0 N–H and O–H groups in total. The van der Waals surface area contributed by atoms with Crippen molar-refractivity contribution in [2.24, 2.45) is 0 Å². The van der Waals surface area contributed by atoms with Crippen LogP contribution in [0.1, 0.15) is 18.9 Å². The minimum absolute atomic E-state index is 0.404. The van der Waals surface area contributed by atoms with Gasteiger partial charge in [0.25, 0.3) is 0 Å². The molecule has 26 heavy (non-hydrogen) atoms. The molecule has 1 aliphatic heterocycles. The second-order valence-electron chi connectivity index (χ2n) is 6.29. The summed E-state index contributed by atoms with van der Waals surface area (Å²) >= 11 is 0. The van der Waals surface area contributed by atoms with Crippen LogP contribution in [-0.4, -0.2) is 20.6 Å². The molecule has 3 rings (SSSR count). The Morgan fingerprint density at radius 3 is 1.92 bits per heavy atom.